The Bertz CT molecular complexity index is 627. The molecule has 2 aromatic carbocycles. The van der Waals surface area contributed by atoms with Gasteiger partial charge in [0.05, 0.1) is 6.04 Å². The van der Waals surface area contributed by atoms with Gasteiger partial charge in [-0.05, 0) is 31.2 Å². The summed E-state index contributed by atoms with van der Waals surface area (Å²) in [7, 11) is 1.74. The molecule has 1 amide bonds. The number of carbonyl (C=O) groups excluding carboxylic acids is 1. The average Bonchev–Trinajstić information content (AvgIpc) is 2.45. The van der Waals surface area contributed by atoms with Gasteiger partial charge in [-0.15, -0.1) is 0 Å². The molecule has 1 N–H and O–H groups in total. The SMILES string of the molecule is CC(c1ccccc1O)N(C)C(=O)c1cccc(Br)c1. The molecule has 0 spiro atoms. The number of para-hydroxylation sites is 1. The number of phenols is 1. The van der Waals surface area contributed by atoms with Crippen LogP contribution in [0.3, 0.4) is 0 Å². The molecule has 0 heterocycles. The van der Waals surface area contributed by atoms with Crippen molar-refractivity contribution in [3.05, 3.63) is 64.1 Å². The Morgan fingerprint density at radius 2 is 1.90 bits per heavy atom. The average molecular weight is 334 g/mol. The molecule has 3 nitrogen and oxygen atoms in total. The van der Waals surface area contributed by atoms with Gasteiger partial charge in [0.15, 0.2) is 0 Å². The minimum atomic E-state index is -0.206. The zero-order chi connectivity index (χ0) is 14.7. The van der Waals surface area contributed by atoms with E-state index in [4.69, 9.17) is 0 Å². The summed E-state index contributed by atoms with van der Waals surface area (Å²) in [6, 6.07) is 14.1. The van der Waals surface area contributed by atoms with Crippen molar-refractivity contribution in [3.8, 4) is 5.75 Å². The first kappa shape index (κ1) is 14.6. The van der Waals surface area contributed by atoms with E-state index < -0.39 is 0 Å². The number of halogens is 1. The second-order valence-corrected chi connectivity index (χ2v) is 5.58. The van der Waals surface area contributed by atoms with E-state index in [2.05, 4.69) is 15.9 Å². The third-order valence-corrected chi connectivity index (χ3v) is 3.85. The van der Waals surface area contributed by atoms with Crippen molar-refractivity contribution in [2.75, 3.05) is 7.05 Å². The monoisotopic (exact) mass is 333 g/mol. The number of carbonyl (C=O) groups is 1. The number of hydrogen-bond donors (Lipinski definition) is 1. The molecule has 0 saturated heterocycles. The molecule has 0 aliphatic carbocycles. The number of phenolic OH excluding ortho intramolecular Hbond substituents is 1. The van der Waals surface area contributed by atoms with Crippen LogP contribution in [0.1, 0.15) is 28.9 Å². The second-order valence-electron chi connectivity index (χ2n) is 4.66. The van der Waals surface area contributed by atoms with Crippen molar-refractivity contribution in [1.29, 1.82) is 0 Å². The lowest BCUT2D eigenvalue weighted by atomic mass is 10.1. The maximum absolute atomic E-state index is 12.4. The van der Waals surface area contributed by atoms with Crippen LogP contribution in [0.5, 0.6) is 5.75 Å². The predicted molar refractivity (Wildman–Crippen MR) is 82.8 cm³/mol. The highest BCUT2D eigenvalue weighted by atomic mass is 79.9. The van der Waals surface area contributed by atoms with Gasteiger partial charge in [-0.1, -0.05) is 40.2 Å². The highest BCUT2D eigenvalue weighted by molar-refractivity contribution is 9.10. The lowest BCUT2D eigenvalue weighted by molar-refractivity contribution is 0.0741. The van der Waals surface area contributed by atoms with Crippen LogP contribution in [0, 0.1) is 0 Å². The smallest absolute Gasteiger partial charge is 0.254 e. The summed E-state index contributed by atoms with van der Waals surface area (Å²) in [4.78, 5) is 14.1. The zero-order valence-corrected chi connectivity index (χ0v) is 13.0. The van der Waals surface area contributed by atoms with Gasteiger partial charge >= 0.3 is 0 Å². The number of nitrogens with zero attached hydrogens (tertiary/aromatic N) is 1. The largest absolute Gasteiger partial charge is 0.508 e. The van der Waals surface area contributed by atoms with Crippen LogP contribution < -0.4 is 0 Å². The summed E-state index contributed by atoms with van der Waals surface area (Å²) in [6.45, 7) is 1.89. The molecular formula is C16H16BrNO2. The van der Waals surface area contributed by atoms with Gasteiger partial charge in [0.25, 0.3) is 5.91 Å². The molecule has 4 heteroatoms. The van der Waals surface area contributed by atoms with Crippen molar-refractivity contribution in [2.45, 2.75) is 13.0 Å². The number of amides is 1. The molecule has 1 atom stereocenters. The van der Waals surface area contributed by atoms with Gasteiger partial charge < -0.3 is 10.0 Å². The quantitative estimate of drug-likeness (QED) is 0.922. The van der Waals surface area contributed by atoms with E-state index in [9.17, 15) is 9.90 Å². The van der Waals surface area contributed by atoms with E-state index >= 15 is 0 Å². The van der Waals surface area contributed by atoms with Crippen molar-refractivity contribution in [1.82, 2.24) is 4.90 Å². The Hall–Kier alpha value is -1.81. The summed E-state index contributed by atoms with van der Waals surface area (Å²) in [5.41, 5.74) is 1.35. The lowest BCUT2D eigenvalue weighted by Gasteiger charge is -2.26. The molecule has 0 aliphatic heterocycles. The highest BCUT2D eigenvalue weighted by Crippen LogP contribution is 2.28. The first-order valence-corrected chi connectivity index (χ1v) is 7.10. The summed E-state index contributed by atoms with van der Waals surface area (Å²) < 4.78 is 0.868. The summed E-state index contributed by atoms with van der Waals surface area (Å²) in [5.74, 6) is 0.121. The highest BCUT2D eigenvalue weighted by Gasteiger charge is 2.20. The van der Waals surface area contributed by atoms with E-state index in [1.165, 1.54) is 0 Å². The van der Waals surface area contributed by atoms with Gasteiger partial charge in [-0.25, -0.2) is 0 Å². The molecule has 20 heavy (non-hydrogen) atoms. The molecular weight excluding hydrogens is 318 g/mol. The Balaban J connectivity index is 2.25. The molecule has 0 fully saturated rings. The molecule has 0 aliphatic rings. The van der Waals surface area contributed by atoms with Crippen LogP contribution >= 0.6 is 15.9 Å². The molecule has 0 saturated carbocycles. The van der Waals surface area contributed by atoms with Gasteiger partial charge in [0.1, 0.15) is 5.75 Å². The van der Waals surface area contributed by atoms with Gasteiger partial charge in [0.2, 0.25) is 0 Å². The minimum Gasteiger partial charge on any atom is -0.508 e. The summed E-state index contributed by atoms with van der Waals surface area (Å²) in [6.07, 6.45) is 0. The first-order chi connectivity index (χ1) is 9.50. The van der Waals surface area contributed by atoms with E-state index in [1.54, 1.807) is 36.2 Å². The standard InChI is InChI=1S/C16H16BrNO2/c1-11(14-8-3-4-9-15(14)19)18(2)16(20)12-6-5-7-13(17)10-12/h3-11,19H,1-2H3. The van der Waals surface area contributed by atoms with Gasteiger partial charge in [-0.3, -0.25) is 4.79 Å². The topological polar surface area (TPSA) is 40.5 Å². The molecule has 104 valence electrons. The fraction of sp³-hybridized carbons (Fsp3) is 0.188. The molecule has 0 aromatic heterocycles. The maximum atomic E-state index is 12.4. The van der Waals surface area contributed by atoms with E-state index in [-0.39, 0.29) is 17.7 Å². The second kappa shape index (κ2) is 6.09. The van der Waals surface area contributed by atoms with Crippen LogP contribution in [-0.4, -0.2) is 23.0 Å². The number of rotatable bonds is 3. The molecule has 0 radical (unpaired) electrons. The predicted octanol–water partition coefficient (Wildman–Crippen LogP) is 3.99. The Labute approximate surface area is 127 Å². The summed E-state index contributed by atoms with van der Waals surface area (Å²) >= 11 is 3.36. The Kier molecular flexibility index (Phi) is 4.45. The van der Waals surface area contributed by atoms with E-state index in [0.717, 1.165) is 10.0 Å². The van der Waals surface area contributed by atoms with Gasteiger partial charge in [-0.2, -0.15) is 0 Å². The number of aromatic hydroxyl groups is 1. The molecule has 2 rings (SSSR count). The van der Waals surface area contributed by atoms with Crippen molar-refractivity contribution in [2.24, 2.45) is 0 Å². The Morgan fingerprint density at radius 3 is 2.55 bits per heavy atom. The number of benzene rings is 2. The van der Waals surface area contributed by atoms with Crippen molar-refractivity contribution < 1.29 is 9.90 Å². The van der Waals surface area contributed by atoms with Crippen LogP contribution in [0.15, 0.2) is 53.0 Å². The van der Waals surface area contributed by atoms with Crippen LogP contribution in [0.25, 0.3) is 0 Å². The van der Waals surface area contributed by atoms with E-state index in [0.29, 0.717) is 5.56 Å². The first-order valence-electron chi connectivity index (χ1n) is 6.31. The van der Waals surface area contributed by atoms with Gasteiger partial charge in [0, 0.05) is 22.6 Å². The van der Waals surface area contributed by atoms with E-state index in [1.807, 2.05) is 31.2 Å². The normalized spacial score (nSPS) is 11.9. The maximum Gasteiger partial charge on any atom is 0.254 e. The fourth-order valence-corrected chi connectivity index (χ4v) is 2.45. The third-order valence-electron chi connectivity index (χ3n) is 3.36. The fourth-order valence-electron chi connectivity index (χ4n) is 2.05. The molecule has 2 aromatic rings. The third kappa shape index (κ3) is 3.02. The van der Waals surface area contributed by atoms with Crippen molar-refractivity contribution in [3.63, 3.8) is 0 Å². The lowest BCUT2D eigenvalue weighted by Crippen LogP contribution is -2.29. The zero-order valence-electron chi connectivity index (χ0n) is 11.4. The number of hydrogen-bond acceptors (Lipinski definition) is 2. The van der Waals surface area contributed by atoms with Crippen LogP contribution in [-0.2, 0) is 0 Å². The van der Waals surface area contributed by atoms with Crippen molar-refractivity contribution >= 4 is 21.8 Å². The molecule has 1 unspecified atom stereocenters. The molecule has 0 bridgehead atoms. The van der Waals surface area contributed by atoms with Crippen LogP contribution in [0.4, 0.5) is 0 Å². The minimum absolute atomic E-state index is 0.0814. The summed E-state index contributed by atoms with van der Waals surface area (Å²) in [5, 5.41) is 9.88. The van der Waals surface area contributed by atoms with Crippen LogP contribution in [0.2, 0.25) is 0 Å². The Morgan fingerprint density at radius 1 is 1.20 bits per heavy atom.